The van der Waals surface area contributed by atoms with E-state index in [2.05, 4.69) is 10.0 Å². The molecule has 0 aliphatic heterocycles. The van der Waals surface area contributed by atoms with Gasteiger partial charge in [-0.05, 0) is 49.1 Å². The number of amides is 1. The molecular formula is C20H24N2O3S. The average molecular weight is 372 g/mol. The maximum absolute atomic E-state index is 12.4. The molecule has 0 aromatic heterocycles. The molecule has 0 saturated heterocycles. The molecule has 2 N–H and O–H groups in total. The molecule has 138 valence electrons. The third kappa shape index (κ3) is 4.93. The normalized spacial score (nSPS) is 15.1. The maximum Gasteiger partial charge on any atom is 0.251 e. The number of carbonyl (C=O) groups excluding carboxylic acids is 1. The van der Waals surface area contributed by atoms with Gasteiger partial charge in [0.25, 0.3) is 5.91 Å². The van der Waals surface area contributed by atoms with Gasteiger partial charge in [0, 0.05) is 18.2 Å². The summed E-state index contributed by atoms with van der Waals surface area (Å²) in [7, 11) is -3.45. The largest absolute Gasteiger partial charge is 0.352 e. The fourth-order valence-electron chi connectivity index (χ4n) is 3.18. The maximum atomic E-state index is 12.4. The average Bonchev–Trinajstić information content (AvgIpc) is 3.15. The lowest BCUT2D eigenvalue weighted by Crippen LogP contribution is -2.32. The molecule has 3 rings (SSSR count). The molecule has 1 aliphatic rings. The number of sulfonamides is 1. The summed E-state index contributed by atoms with van der Waals surface area (Å²) in [6.07, 6.45) is 4.65. The van der Waals surface area contributed by atoms with Crippen molar-refractivity contribution < 1.29 is 13.2 Å². The Morgan fingerprint density at radius 1 is 0.962 bits per heavy atom. The molecule has 1 amide bonds. The van der Waals surface area contributed by atoms with Crippen LogP contribution < -0.4 is 10.0 Å². The minimum atomic E-state index is -3.45. The number of rotatable bonds is 7. The summed E-state index contributed by atoms with van der Waals surface area (Å²) < 4.78 is 27.6. The van der Waals surface area contributed by atoms with Crippen molar-refractivity contribution in [3.63, 3.8) is 0 Å². The molecule has 26 heavy (non-hydrogen) atoms. The summed E-state index contributed by atoms with van der Waals surface area (Å²) in [5.74, 6) is -0.106. The molecule has 0 radical (unpaired) electrons. The van der Waals surface area contributed by atoms with Crippen molar-refractivity contribution in [2.24, 2.45) is 0 Å². The monoisotopic (exact) mass is 372 g/mol. The first-order valence-corrected chi connectivity index (χ1v) is 10.5. The van der Waals surface area contributed by atoms with Gasteiger partial charge < -0.3 is 5.32 Å². The second kappa shape index (κ2) is 8.47. The highest BCUT2D eigenvalue weighted by molar-refractivity contribution is 7.89. The Morgan fingerprint density at radius 2 is 1.62 bits per heavy atom. The first-order valence-electron chi connectivity index (χ1n) is 8.99. The minimum Gasteiger partial charge on any atom is -0.352 e. The molecule has 1 saturated carbocycles. The summed E-state index contributed by atoms with van der Waals surface area (Å²) in [6.45, 7) is 0.500. The third-order valence-electron chi connectivity index (χ3n) is 4.65. The van der Waals surface area contributed by atoms with Gasteiger partial charge in [0.15, 0.2) is 0 Å². The van der Waals surface area contributed by atoms with E-state index in [0.717, 1.165) is 31.2 Å². The Morgan fingerprint density at radius 3 is 2.27 bits per heavy atom. The number of hydrogen-bond donors (Lipinski definition) is 2. The summed E-state index contributed by atoms with van der Waals surface area (Å²) >= 11 is 0. The fourth-order valence-corrected chi connectivity index (χ4v) is 4.48. The van der Waals surface area contributed by atoms with Crippen LogP contribution in [0.4, 0.5) is 0 Å². The van der Waals surface area contributed by atoms with Crippen LogP contribution in [0.2, 0.25) is 0 Å². The SMILES string of the molecule is O=C(NCCc1ccc(S(=O)(=O)NC2CCCC2)cc1)c1ccccc1. The van der Waals surface area contributed by atoms with Gasteiger partial charge >= 0.3 is 0 Å². The number of nitrogens with one attached hydrogen (secondary N) is 2. The second-order valence-electron chi connectivity index (χ2n) is 6.62. The van der Waals surface area contributed by atoms with Crippen molar-refractivity contribution in [2.45, 2.75) is 43.0 Å². The second-order valence-corrected chi connectivity index (χ2v) is 8.33. The van der Waals surface area contributed by atoms with E-state index in [1.54, 1.807) is 36.4 Å². The molecular weight excluding hydrogens is 348 g/mol. The first-order chi connectivity index (χ1) is 12.5. The standard InChI is InChI=1S/C20H24N2O3S/c23-20(17-6-2-1-3-7-17)21-15-14-16-10-12-19(13-11-16)26(24,25)22-18-8-4-5-9-18/h1-3,6-7,10-13,18,22H,4-5,8-9,14-15H2,(H,21,23). The zero-order chi connectivity index (χ0) is 18.4. The Hall–Kier alpha value is -2.18. The van der Waals surface area contributed by atoms with Gasteiger partial charge in [-0.25, -0.2) is 13.1 Å². The van der Waals surface area contributed by atoms with E-state index in [4.69, 9.17) is 0 Å². The van der Waals surface area contributed by atoms with Gasteiger partial charge in [-0.3, -0.25) is 4.79 Å². The molecule has 1 aliphatic carbocycles. The molecule has 2 aromatic rings. The highest BCUT2D eigenvalue weighted by Crippen LogP contribution is 2.20. The van der Waals surface area contributed by atoms with E-state index in [9.17, 15) is 13.2 Å². The van der Waals surface area contributed by atoms with Crippen LogP contribution in [0.25, 0.3) is 0 Å². The van der Waals surface area contributed by atoms with Crippen LogP contribution in [-0.4, -0.2) is 26.9 Å². The van der Waals surface area contributed by atoms with Crippen LogP contribution in [-0.2, 0) is 16.4 Å². The predicted molar refractivity (Wildman–Crippen MR) is 101 cm³/mol. The summed E-state index contributed by atoms with van der Waals surface area (Å²) in [5, 5.41) is 2.87. The van der Waals surface area contributed by atoms with E-state index in [1.165, 1.54) is 0 Å². The summed E-state index contributed by atoms with van der Waals surface area (Å²) in [4.78, 5) is 12.3. The van der Waals surface area contributed by atoms with Crippen molar-refractivity contribution >= 4 is 15.9 Å². The van der Waals surface area contributed by atoms with Gasteiger partial charge in [-0.1, -0.05) is 43.2 Å². The molecule has 2 aromatic carbocycles. The highest BCUT2D eigenvalue weighted by atomic mass is 32.2. The number of carbonyl (C=O) groups is 1. The molecule has 0 heterocycles. The summed E-state index contributed by atoms with van der Waals surface area (Å²) in [5.41, 5.74) is 1.62. The van der Waals surface area contributed by atoms with Crippen LogP contribution in [0.5, 0.6) is 0 Å². The van der Waals surface area contributed by atoms with Crippen LogP contribution in [0.1, 0.15) is 41.6 Å². The first kappa shape index (κ1) is 18.6. The van der Waals surface area contributed by atoms with Crippen molar-refractivity contribution in [3.8, 4) is 0 Å². The van der Waals surface area contributed by atoms with Gasteiger partial charge in [0.1, 0.15) is 0 Å². The number of benzene rings is 2. The van der Waals surface area contributed by atoms with Crippen LogP contribution in [0.3, 0.4) is 0 Å². The third-order valence-corrected chi connectivity index (χ3v) is 6.18. The lowest BCUT2D eigenvalue weighted by atomic mass is 10.1. The number of hydrogen-bond acceptors (Lipinski definition) is 3. The van der Waals surface area contributed by atoms with Gasteiger partial charge in [0.05, 0.1) is 4.90 Å². The molecule has 5 nitrogen and oxygen atoms in total. The van der Waals surface area contributed by atoms with Gasteiger partial charge in [0.2, 0.25) is 10.0 Å². The van der Waals surface area contributed by atoms with Gasteiger partial charge in [-0.2, -0.15) is 0 Å². The van der Waals surface area contributed by atoms with E-state index in [0.29, 0.717) is 23.4 Å². The predicted octanol–water partition coefficient (Wildman–Crippen LogP) is 2.88. The lowest BCUT2D eigenvalue weighted by molar-refractivity contribution is 0.0954. The fraction of sp³-hybridized carbons (Fsp3) is 0.350. The smallest absolute Gasteiger partial charge is 0.251 e. The van der Waals surface area contributed by atoms with Crippen molar-refractivity contribution in [3.05, 3.63) is 65.7 Å². The molecule has 0 atom stereocenters. The van der Waals surface area contributed by atoms with Crippen LogP contribution in [0, 0.1) is 0 Å². The lowest BCUT2D eigenvalue weighted by Gasteiger charge is -2.13. The van der Waals surface area contributed by atoms with E-state index in [1.807, 2.05) is 18.2 Å². The highest BCUT2D eigenvalue weighted by Gasteiger charge is 2.22. The quantitative estimate of drug-likeness (QED) is 0.785. The zero-order valence-corrected chi connectivity index (χ0v) is 15.5. The van der Waals surface area contributed by atoms with Gasteiger partial charge in [-0.15, -0.1) is 0 Å². The van der Waals surface area contributed by atoms with E-state index < -0.39 is 10.0 Å². The van der Waals surface area contributed by atoms with Crippen LogP contribution in [0.15, 0.2) is 59.5 Å². The van der Waals surface area contributed by atoms with Crippen molar-refractivity contribution in [2.75, 3.05) is 6.54 Å². The zero-order valence-electron chi connectivity index (χ0n) is 14.6. The van der Waals surface area contributed by atoms with Crippen LogP contribution >= 0.6 is 0 Å². The van der Waals surface area contributed by atoms with Crippen molar-refractivity contribution in [1.82, 2.24) is 10.0 Å². The molecule has 0 unspecified atom stereocenters. The minimum absolute atomic E-state index is 0.0628. The molecule has 6 heteroatoms. The molecule has 1 fully saturated rings. The van der Waals surface area contributed by atoms with E-state index >= 15 is 0 Å². The molecule has 0 bridgehead atoms. The van der Waals surface area contributed by atoms with E-state index in [-0.39, 0.29) is 11.9 Å². The Kier molecular flexibility index (Phi) is 6.06. The molecule has 0 spiro atoms. The van der Waals surface area contributed by atoms with Crippen molar-refractivity contribution in [1.29, 1.82) is 0 Å². The Balaban J connectivity index is 1.52. The Bertz CT molecular complexity index is 827. The summed E-state index contributed by atoms with van der Waals surface area (Å²) in [6, 6.07) is 16.0. The topological polar surface area (TPSA) is 75.3 Å². The Labute approximate surface area is 154 Å².